The minimum Gasteiger partial charge on any atom is -0.474 e. The van der Waals surface area contributed by atoms with E-state index in [1.165, 1.54) is 42.1 Å². The molecule has 2 saturated carbocycles. The van der Waals surface area contributed by atoms with Crippen molar-refractivity contribution in [3.63, 3.8) is 0 Å². The highest BCUT2D eigenvalue weighted by Gasteiger charge is 2.32. The number of carbonyl (C=O) groups is 1. The highest BCUT2D eigenvalue weighted by atomic mass is 32.2. The van der Waals surface area contributed by atoms with Crippen LogP contribution in [-0.4, -0.2) is 40.6 Å². The Balaban J connectivity index is 1.15. The lowest BCUT2D eigenvalue weighted by Gasteiger charge is -2.19. The van der Waals surface area contributed by atoms with Gasteiger partial charge in [-0.2, -0.15) is 4.37 Å². The number of rotatable bonds is 8. The third-order valence-corrected chi connectivity index (χ3v) is 8.38. The first kappa shape index (κ1) is 26.4. The molecule has 0 aliphatic heterocycles. The van der Waals surface area contributed by atoms with Crippen molar-refractivity contribution < 1.29 is 22.7 Å². The first-order chi connectivity index (χ1) is 18.1. The van der Waals surface area contributed by atoms with E-state index >= 15 is 0 Å². The van der Waals surface area contributed by atoms with Gasteiger partial charge < -0.3 is 14.8 Å². The number of ether oxygens (including phenoxy) is 2. The summed E-state index contributed by atoms with van der Waals surface area (Å²) in [5.74, 6) is 2.18. The minimum absolute atomic E-state index is 0.0647. The number of carbonyl (C=O) groups excluding carboxylic acids is 1. The molecular weight excluding hydrogens is 526 g/mol. The molecule has 202 valence electrons. The predicted molar refractivity (Wildman–Crippen MR) is 143 cm³/mol. The van der Waals surface area contributed by atoms with Gasteiger partial charge in [0.15, 0.2) is 0 Å². The molecule has 3 aromatic rings. The van der Waals surface area contributed by atoms with Crippen molar-refractivity contribution in [2.45, 2.75) is 81.3 Å². The number of sulfonamides is 1. The Morgan fingerprint density at radius 3 is 2.37 bits per heavy atom. The van der Waals surface area contributed by atoms with Gasteiger partial charge >= 0.3 is 6.09 Å². The Hall–Kier alpha value is -3.25. The number of amides is 1. The maximum atomic E-state index is 12.5. The van der Waals surface area contributed by atoms with Gasteiger partial charge in [0.25, 0.3) is 10.0 Å². The molecule has 5 rings (SSSR count). The summed E-state index contributed by atoms with van der Waals surface area (Å²) in [6.45, 7) is 4.96. The number of hydrogen-bond acceptors (Lipinski definition) is 10. The highest BCUT2D eigenvalue weighted by molar-refractivity contribution is 7.90. The summed E-state index contributed by atoms with van der Waals surface area (Å²) in [6, 6.07) is 5.93. The van der Waals surface area contributed by atoms with E-state index in [1.807, 2.05) is 17.1 Å². The largest absolute Gasteiger partial charge is 0.474 e. The molecular formula is C26H31N5O5S2. The molecule has 2 atom stereocenters. The molecule has 2 N–H and O–H groups in total. The standard InChI is InChI=1S/C26H31N5O5S2/c1-26(2,3)36-25(32)31-38(33,34)21-10-7-19(8-11-21)29-24-27-13-18(14-28-24)17-6-9-20(12-17)35-23-22(15-37-30-23)16-4-5-16/h7-8,10-11,13-17,20H,4-6,9,12H2,1-3H3,(H,31,32)(H,27,28,29)/t17-,20+/m1/s1. The van der Waals surface area contributed by atoms with Crippen LogP contribution in [-0.2, 0) is 14.8 Å². The summed E-state index contributed by atoms with van der Waals surface area (Å²) in [5, 5.41) is 5.19. The highest BCUT2D eigenvalue weighted by Crippen LogP contribution is 2.46. The number of aromatic nitrogens is 3. The molecule has 2 aliphatic carbocycles. The molecule has 2 aliphatic rings. The Labute approximate surface area is 226 Å². The molecule has 12 heteroatoms. The molecule has 1 aromatic carbocycles. The number of benzene rings is 1. The van der Waals surface area contributed by atoms with Gasteiger partial charge in [0, 0.05) is 29.0 Å². The molecule has 2 aromatic heterocycles. The van der Waals surface area contributed by atoms with E-state index in [9.17, 15) is 13.2 Å². The molecule has 0 radical (unpaired) electrons. The normalized spacial score (nSPS) is 19.7. The Bertz CT molecular complexity index is 1380. The van der Waals surface area contributed by atoms with Crippen LogP contribution in [0.5, 0.6) is 5.88 Å². The van der Waals surface area contributed by atoms with Gasteiger partial charge in [-0.15, -0.1) is 0 Å². The second kappa shape index (κ2) is 10.5. The quantitative estimate of drug-likeness (QED) is 0.369. The van der Waals surface area contributed by atoms with Crippen molar-refractivity contribution >= 4 is 39.3 Å². The number of nitrogens with one attached hydrogen (secondary N) is 2. The van der Waals surface area contributed by atoms with Crippen molar-refractivity contribution in [2.75, 3.05) is 5.32 Å². The fourth-order valence-corrected chi connectivity index (χ4v) is 6.00. The van der Waals surface area contributed by atoms with Gasteiger partial charge in [-0.3, -0.25) is 0 Å². The van der Waals surface area contributed by atoms with E-state index in [1.54, 1.807) is 32.9 Å². The predicted octanol–water partition coefficient (Wildman–Crippen LogP) is 5.48. The van der Waals surface area contributed by atoms with Gasteiger partial charge in [0.05, 0.1) is 4.90 Å². The Morgan fingerprint density at radius 2 is 1.71 bits per heavy atom. The van der Waals surface area contributed by atoms with Crippen molar-refractivity contribution in [1.29, 1.82) is 0 Å². The van der Waals surface area contributed by atoms with Crippen molar-refractivity contribution in [2.24, 2.45) is 0 Å². The lowest BCUT2D eigenvalue weighted by Crippen LogP contribution is -2.36. The van der Waals surface area contributed by atoms with Crippen LogP contribution in [0.2, 0.25) is 0 Å². The first-order valence-electron chi connectivity index (χ1n) is 12.6. The summed E-state index contributed by atoms with van der Waals surface area (Å²) in [6.07, 6.45) is 8.13. The van der Waals surface area contributed by atoms with Gasteiger partial charge in [-0.05, 0) is 106 Å². The van der Waals surface area contributed by atoms with Crippen molar-refractivity contribution in [3.05, 3.63) is 53.2 Å². The van der Waals surface area contributed by atoms with Gasteiger partial charge in [0.1, 0.15) is 11.7 Å². The zero-order valence-corrected chi connectivity index (χ0v) is 23.1. The fourth-order valence-electron chi connectivity index (χ4n) is 4.42. The topological polar surface area (TPSA) is 132 Å². The second-order valence-electron chi connectivity index (χ2n) is 10.7. The van der Waals surface area contributed by atoms with Crippen LogP contribution in [0.15, 0.2) is 46.9 Å². The summed E-state index contributed by atoms with van der Waals surface area (Å²) >= 11 is 1.47. The third-order valence-electron chi connectivity index (χ3n) is 6.42. The maximum Gasteiger partial charge on any atom is 0.421 e. The number of nitrogens with zero attached hydrogens (tertiary/aromatic N) is 3. The summed E-state index contributed by atoms with van der Waals surface area (Å²) in [5.41, 5.74) is 2.13. The van der Waals surface area contributed by atoms with Crippen molar-refractivity contribution in [1.82, 2.24) is 19.1 Å². The number of anilines is 2. The van der Waals surface area contributed by atoms with E-state index in [2.05, 4.69) is 25.0 Å². The fraction of sp³-hybridized carbons (Fsp3) is 0.462. The van der Waals surface area contributed by atoms with Crippen LogP contribution < -0.4 is 14.8 Å². The SMILES string of the molecule is CC(C)(C)OC(=O)NS(=O)(=O)c1ccc(Nc2ncc([C@@H]3CC[C@H](Oc4nscc4C4CC4)C3)cn2)cc1. The van der Waals surface area contributed by atoms with Crippen molar-refractivity contribution in [3.8, 4) is 5.88 Å². The lowest BCUT2D eigenvalue weighted by atomic mass is 10.0. The molecule has 0 bridgehead atoms. The average Bonchev–Trinajstić information content (AvgIpc) is 3.40. The Kier molecular flexibility index (Phi) is 7.28. The molecule has 2 fully saturated rings. The first-order valence-corrected chi connectivity index (χ1v) is 14.9. The van der Waals surface area contributed by atoms with Gasteiger partial charge in [0.2, 0.25) is 11.8 Å². The van der Waals surface area contributed by atoms with Crippen LogP contribution in [0.25, 0.3) is 0 Å². The molecule has 0 spiro atoms. The molecule has 2 heterocycles. The molecule has 10 nitrogen and oxygen atoms in total. The van der Waals surface area contributed by atoms with Crippen LogP contribution >= 0.6 is 11.5 Å². The molecule has 0 unspecified atom stereocenters. The monoisotopic (exact) mass is 557 g/mol. The van der Waals surface area contributed by atoms with Crippen LogP contribution in [0, 0.1) is 0 Å². The molecule has 38 heavy (non-hydrogen) atoms. The van der Waals surface area contributed by atoms with Crippen LogP contribution in [0.4, 0.5) is 16.4 Å². The zero-order chi connectivity index (χ0) is 26.9. The zero-order valence-electron chi connectivity index (χ0n) is 21.5. The van der Waals surface area contributed by atoms with E-state index in [0.29, 0.717) is 23.5 Å². The third kappa shape index (κ3) is 6.60. The number of hydrogen-bond donors (Lipinski definition) is 2. The van der Waals surface area contributed by atoms with E-state index in [0.717, 1.165) is 30.7 Å². The lowest BCUT2D eigenvalue weighted by molar-refractivity contribution is 0.0570. The van der Waals surface area contributed by atoms with Crippen LogP contribution in [0.3, 0.4) is 0 Å². The average molecular weight is 558 g/mol. The molecule has 1 amide bonds. The minimum atomic E-state index is -4.06. The Morgan fingerprint density at radius 1 is 1.03 bits per heavy atom. The summed E-state index contributed by atoms with van der Waals surface area (Å²) in [7, 11) is -4.06. The van der Waals surface area contributed by atoms with E-state index in [4.69, 9.17) is 9.47 Å². The van der Waals surface area contributed by atoms with Gasteiger partial charge in [-0.1, -0.05) is 0 Å². The summed E-state index contributed by atoms with van der Waals surface area (Å²) in [4.78, 5) is 20.7. The van der Waals surface area contributed by atoms with E-state index in [-0.39, 0.29) is 11.0 Å². The maximum absolute atomic E-state index is 12.5. The summed E-state index contributed by atoms with van der Waals surface area (Å²) < 4.78 is 42.6. The molecule has 0 saturated heterocycles. The smallest absolute Gasteiger partial charge is 0.421 e. The van der Waals surface area contributed by atoms with E-state index < -0.39 is 21.7 Å². The second-order valence-corrected chi connectivity index (χ2v) is 13.0. The van der Waals surface area contributed by atoms with Crippen LogP contribution in [0.1, 0.15) is 75.8 Å². The van der Waals surface area contributed by atoms with Gasteiger partial charge in [-0.25, -0.2) is 27.9 Å².